The van der Waals surface area contributed by atoms with E-state index in [4.69, 9.17) is 11.6 Å². The highest BCUT2D eigenvalue weighted by atomic mass is 35.5. The first kappa shape index (κ1) is 12.0. The Morgan fingerprint density at radius 3 is 2.94 bits per heavy atom. The molecule has 1 aromatic heterocycles. The lowest BCUT2D eigenvalue weighted by Gasteiger charge is -2.16. The van der Waals surface area contributed by atoms with Gasteiger partial charge in [-0.25, -0.2) is 9.37 Å². The minimum atomic E-state index is -0.962. The zero-order valence-electron chi connectivity index (χ0n) is 9.19. The number of hydrogen-bond donors (Lipinski definition) is 0. The Morgan fingerprint density at radius 2 is 2.41 bits per heavy atom. The molecule has 5 nitrogen and oxygen atoms in total. The third-order valence-corrected chi connectivity index (χ3v) is 3.12. The molecule has 0 bridgehead atoms. The van der Waals surface area contributed by atoms with Gasteiger partial charge in [-0.15, -0.1) is 0 Å². The maximum absolute atomic E-state index is 13.1. The van der Waals surface area contributed by atoms with Crippen molar-refractivity contribution in [2.75, 3.05) is 18.0 Å². The molecule has 0 amide bonds. The van der Waals surface area contributed by atoms with Crippen molar-refractivity contribution in [1.82, 2.24) is 4.98 Å². The normalized spacial score (nSPS) is 19.7. The van der Waals surface area contributed by atoms with E-state index in [1.54, 1.807) is 11.8 Å². The Hall–Kier alpha value is -1.43. The number of hydrogen-bond acceptors (Lipinski definition) is 4. The van der Waals surface area contributed by atoms with Gasteiger partial charge in [0.1, 0.15) is 11.3 Å². The number of halogens is 2. The fraction of sp³-hybridized carbons (Fsp3) is 0.500. The van der Waals surface area contributed by atoms with Gasteiger partial charge in [-0.05, 0) is 18.9 Å². The summed E-state index contributed by atoms with van der Waals surface area (Å²) in [5.74, 6) is 0.158. The smallest absolute Gasteiger partial charge is 0.311 e. The summed E-state index contributed by atoms with van der Waals surface area (Å²) in [5, 5.41) is 11.1. The van der Waals surface area contributed by atoms with E-state index in [1.807, 2.05) is 0 Å². The molecule has 0 radical (unpaired) electrons. The van der Waals surface area contributed by atoms with Gasteiger partial charge in [-0.2, -0.15) is 0 Å². The maximum Gasteiger partial charge on any atom is 0.311 e. The van der Waals surface area contributed by atoms with E-state index in [2.05, 4.69) is 4.98 Å². The number of aromatic nitrogens is 1. The summed E-state index contributed by atoms with van der Waals surface area (Å²) < 4.78 is 13.1. The first-order valence-corrected chi connectivity index (χ1v) is 5.57. The van der Waals surface area contributed by atoms with Crippen molar-refractivity contribution in [1.29, 1.82) is 0 Å². The zero-order chi connectivity index (χ0) is 12.6. The van der Waals surface area contributed by atoms with E-state index >= 15 is 0 Å². The molecule has 7 heteroatoms. The second kappa shape index (κ2) is 4.44. The number of nitrogens with zero attached hydrogens (tertiary/aromatic N) is 3. The lowest BCUT2D eigenvalue weighted by atomic mass is 10.2. The number of aryl methyl sites for hydroxylation is 1. The van der Waals surface area contributed by atoms with E-state index in [9.17, 15) is 14.5 Å². The Labute approximate surface area is 102 Å². The van der Waals surface area contributed by atoms with Crippen molar-refractivity contribution in [2.45, 2.75) is 19.5 Å². The highest BCUT2D eigenvalue weighted by molar-refractivity contribution is 6.30. The number of rotatable bonds is 2. The highest BCUT2D eigenvalue weighted by Gasteiger charge is 2.29. The average Bonchev–Trinajstić information content (AvgIpc) is 2.68. The second-order valence-corrected chi connectivity index (χ2v) is 4.39. The van der Waals surface area contributed by atoms with Gasteiger partial charge < -0.3 is 4.90 Å². The summed E-state index contributed by atoms with van der Waals surface area (Å²) in [5.41, 5.74) is 0.416. The van der Waals surface area contributed by atoms with Crippen LogP contribution in [0.2, 0.25) is 5.15 Å². The predicted molar refractivity (Wildman–Crippen MR) is 62.4 cm³/mol. The molecule has 0 aromatic carbocycles. The molecule has 2 rings (SSSR count). The summed E-state index contributed by atoms with van der Waals surface area (Å²) in [6, 6.07) is 1.37. The molecular formula is C10H11ClFN3O2. The van der Waals surface area contributed by atoms with Gasteiger partial charge in [0.15, 0.2) is 0 Å². The van der Waals surface area contributed by atoms with Crippen molar-refractivity contribution < 1.29 is 9.31 Å². The van der Waals surface area contributed by atoms with Crippen LogP contribution in [-0.4, -0.2) is 29.2 Å². The van der Waals surface area contributed by atoms with Crippen molar-refractivity contribution in [3.8, 4) is 0 Å². The van der Waals surface area contributed by atoms with E-state index < -0.39 is 11.1 Å². The lowest BCUT2D eigenvalue weighted by molar-refractivity contribution is -0.384. The Kier molecular flexibility index (Phi) is 3.15. The topological polar surface area (TPSA) is 59.3 Å². The van der Waals surface area contributed by atoms with E-state index in [0.29, 0.717) is 18.5 Å². The average molecular weight is 260 g/mol. The molecule has 0 saturated carbocycles. The molecule has 0 aliphatic carbocycles. The first-order chi connectivity index (χ1) is 7.99. The molecule has 2 heterocycles. The molecule has 0 spiro atoms. The van der Waals surface area contributed by atoms with Gasteiger partial charge in [-0.1, -0.05) is 11.6 Å². The fourth-order valence-electron chi connectivity index (χ4n) is 1.84. The van der Waals surface area contributed by atoms with Crippen LogP contribution in [0.5, 0.6) is 0 Å². The monoisotopic (exact) mass is 259 g/mol. The Morgan fingerprint density at radius 1 is 1.71 bits per heavy atom. The van der Waals surface area contributed by atoms with Crippen LogP contribution in [0.15, 0.2) is 6.07 Å². The van der Waals surface area contributed by atoms with Gasteiger partial charge in [-0.3, -0.25) is 10.1 Å². The lowest BCUT2D eigenvalue weighted by Crippen LogP contribution is -2.22. The molecule has 1 fully saturated rings. The summed E-state index contributed by atoms with van der Waals surface area (Å²) in [6.45, 7) is 2.20. The Balaban J connectivity index is 2.44. The number of pyridine rings is 1. The maximum atomic E-state index is 13.1. The molecule has 1 unspecified atom stereocenters. The van der Waals surface area contributed by atoms with Crippen LogP contribution >= 0.6 is 11.6 Å². The van der Waals surface area contributed by atoms with Crippen LogP contribution in [0, 0.1) is 17.0 Å². The number of anilines is 1. The van der Waals surface area contributed by atoms with Gasteiger partial charge in [0, 0.05) is 12.6 Å². The zero-order valence-corrected chi connectivity index (χ0v) is 9.95. The van der Waals surface area contributed by atoms with E-state index in [-0.39, 0.29) is 23.2 Å². The minimum absolute atomic E-state index is 0.124. The van der Waals surface area contributed by atoms with E-state index in [0.717, 1.165) is 0 Å². The van der Waals surface area contributed by atoms with Crippen molar-refractivity contribution in [3.05, 3.63) is 26.9 Å². The van der Waals surface area contributed by atoms with Crippen LogP contribution in [0.3, 0.4) is 0 Å². The molecular weight excluding hydrogens is 249 g/mol. The molecule has 1 aliphatic heterocycles. The van der Waals surface area contributed by atoms with Crippen LogP contribution < -0.4 is 4.90 Å². The molecule has 0 N–H and O–H groups in total. The minimum Gasteiger partial charge on any atom is -0.348 e. The van der Waals surface area contributed by atoms with Crippen molar-refractivity contribution in [3.63, 3.8) is 0 Å². The van der Waals surface area contributed by atoms with Gasteiger partial charge in [0.2, 0.25) is 5.82 Å². The summed E-state index contributed by atoms with van der Waals surface area (Å²) in [6.07, 6.45) is -0.596. The third-order valence-electron chi connectivity index (χ3n) is 2.74. The molecule has 92 valence electrons. The van der Waals surface area contributed by atoms with Gasteiger partial charge in [0.25, 0.3) is 0 Å². The predicted octanol–water partition coefficient (Wildman–Crippen LogP) is 2.50. The van der Waals surface area contributed by atoms with Crippen LogP contribution in [0.25, 0.3) is 0 Å². The fourth-order valence-corrected chi connectivity index (χ4v) is 1.98. The Bertz CT molecular complexity index is 469. The van der Waals surface area contributed by atoms with Gasteiger partial charge >= 0.3 is 5.69 Å². The third kappa shape index (κ3) is 2.31. The quantitative estimate of drug-likeness (QED) is 0.465. The molecule has 1 aromatic rings. The van der Waals surface area contributed by atoms with Crippen LogP contribution in [0.4, 0.5) is 15.9 Å². The number of nitro groups is 1. The van der Waals surface area contributed by atoms with Crippen molar-refractivity contribution in [2.24, 2.45) is 0 Å². The SMILES string of the molecule is Cc1cc([N+](=O)[O-])c(N2CCC(F)C2)nc1Cl. The van der Waals surface area contributed by atoms with Crippen molar-refractivity contribution >= 4 is 23.1 Å². The van der Waals surface area contributed by atoms with Crippen LogP contribution in [-0.2, 0) is 0 Å². The standard InChI is InChI=1S/C10H11ClFN3O2/c1-6-4-8(15(16)17)10(13-9(6)11)14-3-2-7(12)5-14/h4,7H,2-3,5H2,1H3. The molecule has 1 atom stereocenters. The van der Waals surface area contributed by atoms with Gasteiger partial charge in [0.05, 0.1) is 11.5 Å². The highest BCUT2D eigenvalue weighted by Crippen LogP contribution is 2.32. The summed E-state index contributed by atoms with van der Waals surface area (Å²) in [7, 11) is 0. The second-order valence-electron chi connectivity index (χ2n) is 4.03. The largest absolute Gasteiger partial charge is 0.348 e. The number of alkyl halides is 1. The first-order valence-electron chi connectivity index (χ1n) is 5.19. The molecule has 1 aliphatic rings. The summed E-state index contributed by atoms with van der Waals surface area (Å²) in [4.78, 5) is 16.0. The molecule has 17 heavy (non-hydrogen) atoms. The molecule has 1 saturated heterocycles. The van der Waals surface area contributed by atoms with E-state index in [1.165, 1.54) is 6.07 Å². The van der Waals surface area contributed by atoms with Crippen LogP contribution in [0.1, 0.15) is 12.0 Å². The summed E-state index contributed by atoms with van der Waals surface area (Å²) >= 11 is 5.85.